The molecule has 0 spiro atoms. The lowest BCUT2D eigenvalue weighted by Gasteiger charge is -2.20. The summed E-state index contributed by atoms with van der Waals surface area (Å²) in [5.74, 6) is -0.876. The Kier molecular flexibility index (Phi) is 8.99. The second kappa shape index (κ2) is 11.7. The first-order valence-electron chi connectivity index (χ1n) is 10.1. The van der Waals surface area contributed by atoms with E-state index in [1.54, 1.807) is 45.2 Å². The van der Waals surface area contributed by atoms with Crippen molar-refractivity contribution in [2.24, 2.45) is 11.0 Å². The number of benzene rings is 2. The summed E-state index contributed by atoms with van der Waals surface area (Å²) >= 11 is 0. The number of carbonyl (C=O) groups excluding carboxylic acids is 2. The van der Waals surface area contributed by atoms with Crippen LogP contribution in [-0.4, -0.2) is 37.8 Å². The van der Waals surface area contributed by atoms with Crippen LogP contribution in [0.1, 0.15) is 43.1 Å². The second-order valence-corrected chi connectivity index (χ2v) is 7.17. The fraction of sp³-hybridized carbons (Fsp3) is 0.348. The fourth-order valence-electron chi connectivity index (χ4n) is 2.74. The number of carbonyl (C=O) groups is 2. The molecule has 1 atom stereocenters. The van der Waals surface area contributed by atoms with Crippen molar-refractivity contribution in [1.82, 2.24) is 10.7 Å². The first-order chi connectivity index (χ1) is 14.9. The SMILES string of the molecule is CCCOc1ccc(/C=N/NC(=O)C(NC(=O)c2ccccc2F)C(C)C)cc1OC. The highest BCUT2D eigenvalue weighted by atomic mass is 19.1. The Morgan fingerprint density at radius 1 is 1.16 bits per heavy atom. The molecule has 2 rings (SSSR count). The lowest BCUT2D eigenvalue weighted by atomic mass is 10.0. The third kappa shape index (κ3) is 6.80. The number of methoxy groups -OCH3 is 1. The van der Waals surface area contributed by atoms with E-state index in [2.05, 4.69) is 15.8 Å². The standard InChI is InChI=1S/C23H28FN3O4/c1-5-12-31-19-11-10-16(13-20(19)30-4)14-25-27-23(29)21(15(2)3)26-22(28)17-8-6-7-9-18(17)24/h6-11,13-15,21H,5,12H2,1-4H3,(H,26,28)(H,27,29)/b25-14+. The third-order valence-corrected chi connectivity index (χ3v) is 4.39. The second-order valence-electron chi connectivity index (χ2n) is 7.17. The average molecular weight is 429 g/mol. The van der Waals surface area contributed by atoms with E-state index in [-0.39, 0.29) is 11.5 Å². The Balaban J connectivity index is 2.04. The van der Waals surface area contributed by atoms with Crippen molar-refractivity contribution in [1.29, 1.82) is 0 Å². The lowest BCUT2D eigenvalue weighted by molar-refractivity contribution is -0.123. The lowest BCUT2D eigenvalue weighted by Crippen LogP contribution is -2.48. The molecule has 0 aliphatic carbocycles. The molecule has 31 heavy (non-hydrogen) atoms. The molecule has 0 saturated heterocycles. The Morgan fingerprint density at radius 3 is 2.55 bits per heavy atom. The molecule has 0 fully saturated rings. The molecule has 2 N–H and O–H groups in total. The zero-order valence-electron chi connectivity index (χ0n) is 18.1. The molecule has 2 aromatic carbocycles. The highest BCUT2D eigenvalue weighted by molar-refractivity contribution is 5.98. The van der Waals surface area contributed by atoms with Crippen molar-refractivity contribution < 1.29 is 23.5 Å². The molecule has 1 unspecified atom stereocenters. The smallest absolute Gasteiger partial charge is 0.262 e. The van der Waals surface area contributed by atoms with Crippen molar-refractivity contribution in [2.75, 3.05) is 13.7 Å². The first kappa shape index (κ1) is 23.9. The molecule has 8 heteroatoms. The van der Waals surface area contributed by atoms with Crippen LogP contribution >= 0.6 is 0 Å². The summed E-state index contributed by atoms with van der Waals surface area (Å²) in [6, 6.07) is 10.00. The zero-order chi connectivity index (χ0) is 22.8. The maximum atomic E-state index is 13.8. The minimum absolute atomic E-state index is 0.123. The fourth-order valence-corrected chi connectivity index (χ4v) is 2.74. The number of rotatable bonds is 10. The van der Waals surface area contributed by atoms with Crippen molar-refractivity contribution in [3.63, 3.8) is 0 Å². The molecule has 0 saturated carbocycles. The van der Waals surface area contributed by atoms with Gasteiger partial charge in [-0.3, -0.25) is 9.59 Å². The topological polar surface area (TPSA) is 89.0 Å². The van der Waals surface area contributed by atoms with Gasteiger partial charge in [0.2, 0.25) is 0 Å². The van der Waals surface area contributed by atoms with E-state index in [1.807, 2.05) is 6.92 Å². The average Bonchev–Trinajstić information content (AvgIpc) is 2.76. The predicted molar refractivity (Wildman–Crippen MR) is 117 cm³/mol. The Hall–Kier alpha value is -3.42. The number of halogens is 1. The van der Waals surface area contributed by atoms with Crippen LogP contribution < -0.4 is 20.2 Å². The number of amides is 2. The van der Waals surface area contributed by atoms with Gasteiger partial charge in [0.15, 0.2) is 11.5 Å². The summed E-state index contributed by atoms with van der Waals surface area (Å²) in [5.41, 5.74) is 2.99. The van der Waals surface area contributed by atoms with Crippen LogP contribution in [0.2, 0.25) is 0 Å². The van der Waals surface area contributed by atoms with Gasteiger partial charge in [-0.2, -0.15) is 5.10 Å². The molecule has 0 aliphatic heterocycles. The van der Waals surface area contributed by atoms with Crippen molar-refractivity contribution in [3.8, 4) is 11.5 Å². The van der Waals surface area contributed by atoms with Gasteiger partial charge < -0.3 is 14.8 Å². The molecular formula is C23H28FN3O4. The quantitative estimate of drug-likeness (QED) is 0.447. The van der Waals surface area contributed by atoms with Crippen molar-refractivity contribution >= 4 is 18.0 Å². The Labute approximate surface area is 181 Å². The molecule has 0 heterocycles. The van der Waals surface area contributed by atoms with Crippen LogP contribution in [0, 0.1) is 11.7 Å². The number of ether oxygens (including phenoxy) is 2. The van der Waals surface area contributed by atoms with Crippen LogP contribution in [0.4, 0.5) is 4.39 Å². The van der Waals surface area contributed by atoms with Gasteiger partial charge in [0.25, 0.3) is 11.8 Å². The summed E-state index contributed by atoms with van der Waals surface area (Å²) in [6.45, 7) is 6.14. The van der Waals surface area contributed by atoms with Gasteiger partial charge in [-0.15, -0.1) is 0 Å². The molecule has 0 radical (unpaired) electrons. The number of hydrogen-bond donors (Lipinski definition) is 2. The molecule has 0 bridgehead atoms. The molecule has 0 aliphatic rings. The van der Waals surface area contributed by atoms with Crippen LogP contribution in [0.15, 0.2) is 47.6 Å². The van der Waals surface area contributed by atoms with Gasteiger partial charge >= 0.3 is 0 Å². The highest BCUT2D eigenvalue weighted by Gasteiger charge is 2.25. The maximum absolute atomic E-state index is 13.8. The van der Waals surface area contributed by atoms with E-state index in [0.29, 0.717) is 23.7 Å². The van der Waals surface area contributed by atoms with Crippen molar-refractivity contribution in [2.45, 2.75) is 33.2 Å². The third-order valence-electron chi connectivity index (χ3n) is 4.39. The van der Waals surface area contributed by atoms with E-state index < -0.39 is 23.7 Å². The van der Waals surface area contributed by atoms with Gasteiger partial charge in [0.1, 0.15) is 11.9 Å². The number of nitrogens with zero attached hydrogens (tertiary/aromatic N) is 1. The summed E-state index contributed by atoms with van der Waals surface area (Å²) in [4.78, 5) is 24.9. The van der Waals surface area contributed by atoms with Gasteiger partial charge in [0.05, 0.1) is 25.5 Å². The first-order valence-corrected chi connectivity index (χ1v) is 10.1. The monoisotopic (exact) mass is 429 g/mol. The molecule has 2 amide bonds. The van der Waals surface area contributed by atoms with E-state index in [4.69, 9.17) is 9.47 Å². The van der Waals surface area contributed by atoms with Crippen LogP contribution in [0.25, 0.3) is 0 Å². The number of hydrogen-bond acceptors (Lipinski definition) is 5. The molecule has 0 aromatic heterocycles. The van der Waals surface area contributed by atoms with Gasteiger partial charge in [-0.25, -0.2) is 9.82 Å². The highest BCUT2D eigenvalue weighted by Crippen LogP contribution is 2.27. The van der Waals surface area contributed by atoms with E-state index in [9.17, 15) is 14.0 Å². The molecule has 2 aromatic rings. The minimum atomic E-state index is -0.886. The number of hydrazone groups is 1. The van der Waals surface area contributed by atoms with Crippen molar-refractivity contribution in [3.05, 3.63) is 59.4 Å². The van der Waals surface area contributed by atoms with Crippen LogP contribution in [-0.2, 0) is 4.79 Å². The minimum Gasteiger partial charge on any atom is -0.493 e. The largest absolute Gasteiger partial charge is 0.493 e. The molecule has 7 nitrogen and oxygen atoms in total. The number of nitrogens with one attached hydrogen (secondary N) is 2. The predicted octanol–water partition coefficient (Wildman–Crippen LogP) is 3.53. The van der Waals surface area contributed by atoms with Crippen LogP contribution in [0.3, 0.4) is 0 Å². The van der Waals surface area contributed by atoms with Gasteiger partial charge in [0, 0.05) is 0 Å². The summed E-state index contributed by atoms with van der Waals surface area (Å²) < 4.78 is 24.8. The normalized spacial score (nSPS) is 11.9. The van der Waals surface area contributed by atoms with E-state index in [1.165, 1.54) is 24.4 Å². The Morgan fingerprint density at radius 2 is 1.90 bits per heavy atom. The zero-order valence-corrected chi connectivity index (χ0v) is 18.1. The molecular weight excluding hydrogens is 401 g/mol. The van der Waals surface area contributed by atoms with Gasteiger partial charge in [-0.05, 0) is 48.2 Å². The van der Waals surface area contributed by atoms with E-state index in [0.717, 1.165) is 6.42 Å². The summed E-state index contributed by atoms with van der Waals surface area (Å²) in [7, 11) is 1.54. The van der Waals surface area contributed by atoms with E-state index >= 15 is 0 Å². The summed E-state index contributed by atoms with van der Waals surface area (Å²) in [5, 5.41) is 6.53. The summed E-state index contributed by atoms with van der Waals surface area (Å²) in [6.07, 6.45) is 2.34. The van der Waals surface area contributed by atoms with Crippen LogP contribution in [0.5, 0.6) is 11.5 Å². The van der Waals surface area contributed by atoms with Gasteiger partial charge in [-0.1, -0.05) is 32.9 Å². The molecule has 166 valence electrons. The Bertz CT molecular complexity index is 931. The maximum Gasteiger partial charge on any atom is 0.262 e.